The minimum absolute atomic E-state index is 0.0117. The second-order valence-electron chi connectivity index (χ2n) is 6.14. The number of hydrogen-bond donors (Lipinski definition) is 0. The van der Waals surface area contributed by atoms with Crippen molar-refractivity contribution in [2.75, 3.05) is 31.1 Å². The fourth-order valence-electron chi connectivity index (χ4n) is 3.43. The van der Waals surface area contributed by atoms with Gasteiger partial charge in [0.05, 0.1) is 6.54 Å². The molecular formula is C16H18ClF3N2O. The Morgan fingerprint density at radius 3 is 2.57 bits per heavy atom. The molecule has 0 aromatic heterocycles. The summed E-state index contributed by atoms with van der Waals surface area (Å²) >= 11 is 6.15. The van der Waals surface area contributed by atoms with E-state index < -0.39 is 12.7 Å². The summed E-state index contributed by atoms with van der Waals surface area (Å²) in [5.74, 6) is -0.193. The third-order valence-electron chi connectivity index (χ3n) is 4.58. The number of nitrogens with zero attached hydrogens (tertiary/aromatic N) is 2. The Labute approximate surface area is 138 Å². The van der Waals surface area contributed by atoms with Crippen LogP contribution in [0.1, 0.15) is 18.4 Å². The molecule has 126 valence electrons. The summed E-state index contributed by atoms with van der Waals surface area (Å²) in [4.78, 5) is 15.8. The molecule has 2 aliphatic heterocycles. The lowest BCUT2D eigenvalue weighted by Gasteiger charge is -2.33. The number of benzene rings is 1. The van der Waals surface area contributed by atoms with Crippen LogP contribution in [-0.2, 0) is 11.2 Å². The van der Waals surface area contributed by atoms with Crippen molar-refractivity contribution in [2.45, 2.75) is 25.4 Å². The molecule has 1 amide bonds. The van der Waals surface area contributed by atoms with E-state index in [0.29, 0.717) is 37.5 Å². The predicted molar refractivity (Wildman–Crippen MR) is 82.7 cm³/mol. The first-order valence-electron chi connectivity index (χ1n) is 7.73. The van der Waals surface area contributed by atoms with Crippen LogP contribution >= 0.6 is 11.6 Å². The first kappa shape index (κ1) is 16.6. The van der Waals surface area contributed by atoms with Crippen LogP contribution < -0.4 is 4.90 Å². The van der Waals surface area contributed by atoms with Gasteiger partial charge in [-0.1, -0.05) is 17.7 Å². The van der Waals surface area contributed by atoms with E-state index in [1.807, 2.05) is 18.2 Å². The summed E-state index contributed by atoms with van der Waals surface area (Å²) in [6.45, 7) is 0.328. The molecule has 1 aromatic carbocycles. The van der Waals surface area contributed by atoms with Gasteiger partial charge in [0.2, 0.25) is 5.91 Å². The SMILES string of the molecule is O=C(C1CCN(CC(F)(F)F)CC1)N1CCc2c(Cl)cccc21. The van der Waals surface area contributed by atoms with E-state index in [2.05, 4.69) is 0 Å². The quantitative estimate of drug-likeness (QED) is 0.818. The average Bonchev–Trinajstić information content (AvgIpc) is 2.91. The fourth-order valence-corrected chi connectivity index (χ4v) is 3.70. The average molecular weight is 347 g/mol. The number of rotatable bonds is 2. The molecule has 1 fully saturated rings. The topological polar surface area (TPSA) is 23.6 Å². The van der Waals surface area contributed by atoms with Crippen LogP contribution in [0.3, 0.4) is 0 Å². The molecule has 0 radical (unpaired) electrons. The van der Waals surface area contributed by atoms with E-state index in [0.717, 1.165) is 17.7 Å². The van der Waals surface area contributed by atoms with Gasteiger partial charge < -0.3 is 4.90 Å². The summed E-state index contributed by atoms with van der Waals surface area (Å²) in [7, 11) is 0. The molecule has 3 rings (SSSR count). The largest absolute Gasteiger partial charge is 0.401 e. The Balaban J connectivity index is 1.62. The number of carbonyl (C=O) groups is 1. The molecule has 23 heavy (non-hydrogen) atoms. The van der Waals surface area contributed by atoms with Crippen molar-refractivity contribution >= 4 is 23.2 Å². The fraction of sp³-hybridized carbons (Fsp3) is 0.562. The van der Waals surface area contributed by atoms with Gasteiger partial charge in [-0.15, -0.1) is 0 Å². The summed E-state index contributed by atoms with van der Waals surface area (Å²) < 4.78 is 37.2. The zero-order valence-corrected chi connectivity index (χ0v) is 13.3. The number of likely N-dealkylation sites (tertiary alicyclic amines) is 1. The number of amides is 1. The lowest BCUT2D eigenvalue weighted by atomic mass is 9.95. The van der Waals surface area contributed by atoms with Crippen LogP contribution in [0.15, 0.2) is 18.2 Å². The number of carbonyl (C=O) groups excluding carboxylic acids is 1. The van der Waals surface area contributed by atoms with Crippen LogP contribution in [0.2, 0.25) is 5.02 Å². The Kier molecular flexibility index (Phi) is 4.56. The van der Waals surface area contributed by atoms with Crippen molar-refractivity contribution in [1.29, 1.82) is 0 Å². The van der Waals surface area contributed by atoms with Gasteiger partial charge in [0.25, 0.3) is 0 Å². The standard InChI is InChI=1S/C16H18ClF3N2O/c17-13-2-1-3-14-12(13)6-9-22(14)15(23)11-4-7-21(8-5-11)10-16(18,19)20/h1-3,11H,4-10H2. The number of halogens is 4. The molecule has 3 nitrogen and oxygen atoms in total. The highest BCUT2D eigenvalue weighted by Gasteiger charge is 2.36. The number of piperidine rings is 1. The monoisotopic (exact) mass is 346 g/mol. The van der Waals surface area contributed by atoms with Crippen molar-refractivity contribution in [3.63, 3.8) is 0 Å². The van der Waals surface area contributed by atoms with Crippen LogP contribution in [0, 0.1) is 5.92 Å². The van der Waals surface area contributed by atoms with Gasteiger partial charge in [0, 0.05) is 23.2 Å². The highest BCUT2D eigenvalue weighted by Crippen LogP contribution is 2.35. The molecule has 1 saturated heterocycles. The number of alkyl halides is 3. The molecule has 1 aromatic rings. The lowest BCUT2D eigenvalue weighted by Crippen LogP contribution is -2.44. The van der Waals surface area contributed by atoms with E-state index in [-0.39, 0.29) is 11.8 Å². The van der Waals surface area contributed by atoms with Crippen molar-refractivity contribution in [3.8, 4) is 0 Å². The van der Waals surface area contributed by atoms with Crippen molar-refractivity contribution < 1.29 is 18.0 Å². The molecule has 0 atom stereocenters. The Bertz CT molecular complexity index is 597. The zero-order chi connectivity index (χ0) is 16.6. The van der Waals surface area contributed by atoms with Crippen LogP contribution in [0.25, 0.3) is 0 Å². The molecule has 0 unspecified atom stereocenters. The van der Waals surface area contributed by atoms with Gasteiger partial charge in [0.15, 0.2) is 0 Å². The maximum Gasteiger partial charge on any atom is 0.401 e. The summed E-state index contributed by atoms with van der Waals surface area (Å²) in [6, 6.07) is 5.51. The van der Waals surface area contributed by atoms with Gasteiger partial charge >= 0.3 is 6.18 Å². The number of anilines is 1. The number of fused-ring (bicyclic) bond motifs is 1. The molecular weight excluding hydrogens is 329 g/mol. The van der Waals surface area contributed by atoms with Gasteiger partial charge in [-0.25, -0.2) is 0 Å². The zero-order valence-electron chi connectivity index (χ0n) is 12.6. The molecule has 0 N–H and O–H groups in total. The number of hydrogen-bond acceptors (Lipinski definition) is 2. The summed E-state index contributed by atoms with van der Waals surface area (Å²) in [5, 5.41) is 0.665. The van der Waals surface area contributed by atoms with E-state index in [1.165, 1.54) is 4.90 Å². The highest BCUT2D eigenvalue weighted by atomic mass is 35.5. The van der Waals surface area contributed by atoms with Crippen LogP contribution in [0.5, 0.6) is 0 Å². The predicted octanol–water partition coefficient (Wildman–Crippen LogP) is 3.50. The third-order valence-corrected chi connectivity index (χ3v) is 4.93. The van der Waals surface area contributed by atoms with E-state index >= 15 is 0 Å². The lowest BCUT2D eigenvalue weighted by molar-refractivity contribution is -0.149. The van der Waals surface area contributed by atoms with Gasteiger partial charge in [-0.3, -0.25) is 9.69 Å². The molecule has 0 bridgehead atoms. The molecule has 7 heteroatoms. The first-order chi connectivity index (χ1) is 10.8. The highest BCUT2D eigenvalue weighted by molar-refractivity contribution is 6.32. The van der Waals surface area contributed by atoms with E-state index in [4.69, 9.17) is 11.6 Å². The van der Waals surface area contributed by atoms with E-state index in [9.17, 15) is 18.0 Å². The Morgan fingerprint density at radius 2 is 1.91 bits per heavy atom. The van der Waals surface area contributed by atoms with Gasteiger partial charge in [-0.2, -0.15) is 13.2 Å². The molecule has 0 aliphatic carbocycles. The minimum Gasteiger partial charge on any atom is -0.312 e. The van der Waals surface area contributed by atoms with Gasteiger partial charge in [-0.05, 0) is 50.0 Å². The molecule has 2 heterocycles. The summed E-state index contributed by atoms with van der Waals surface area (Å²) in [5.41, 5.74) is 1.83. The maximum absolute atomic E-state index is 12.7. The normalized spacial score (nSPS) is 19.9. The van der Waals surface area contributed by atoms with Crippen molar-refractivity contribution in [1.82, 2.24) is 4.90 Å². The van der Waals surface area contributed by atoms with E-state index in [1.54, 1.807) is 4.90 Å². The first-order valence-corrected chi connectivity index (χ1v) is 8.11. The Hall–Kier alpha value is -1.27. The van der Waals surface area contributed by atoms with Gasteiger partial charge in [0.1, 0.15) is 0 Å². The molecule has 2 aliphatic rings. The van der Waals surface area contributed by atoms with Crippen molar-refractivity contribution in [2.24, 2.45) is 5.92 Å². The summed E-state index contributed by atoms with van der Waals surface area (Å²) in [6.07, 6.45) is -2.50. The smallest absolute Gasteiger partial charge is 0.312 e. The maximum atomic E-state index is 12.7. The molecule has 0 spiro atoms. The third kappa shape index (κ3) is 3.63. The molecule has 0 saturated carbocycles. The second-order valence-corrected chi connectivity index (χ2v) is 6.55. The van der Waals surface area contributed by atoms with Crippen LogP contribution in [-0.4, -0.2) is 43.2 Å². The van der Waals surface area contributed by atoms with Crippen LogP contribution in [0.4, 0.5) is 18.9 Å². The Morgan fingerprint density at radius 1 is 1.22 bits per heavy atom. The minimum atomic E-state index is -4.18. The second kappa shape index (κ2) is 6.32. The van der Waals surface area contributed by atoms with Crippen molar-refractivity contribution in [3.05, 3.63) is 28.8 Å².